The van der Waals surface area contributed by atoms with Gasteiger partial charge in [0.15, 0.2) is 0 Å². The van der Waals surface area contributed by atoms with Crippen LogP contribution in [-0.4, -0.2) is 24.2 Å². The second-order valence-corrected chi connectivity index (χ2v) is 6.11. The Kier molecular flexibility index (Phi) is 4.81. The fraction of sp³-hybridized carbons (Fsp3) is 0.500. The number of carbonyl (C=O) groups is 1. The summed E-state index contributed by atoms with van der Waals surface area (Å²) in [4.78, 5) is 12.3. The molecule has 0 aliphatic carbocycles. The van der Waals surface area contributed by atoms with Crippen molar-refractivity contribution in [1.29, 1.82) is 0 Å². The molecule has 1 saturated heterocycles. The molecule has 0 radical (unpaired) electrons. The molecule has 0 saturated carbocycles. The normalized spacial score (nSPS) is 19.0. The number of carboxylic acid groups (broad SMARTS) is 1. The maximum Gasteiger partial charge on any atom is 0.418 e. The summed E-state index contributed by atoms with van der Waals surface area (Å²) in [6.07, 6.45) is -3.11. The molecular formula is C14H15BrF3NO2. The monoisotopic (exact) mass is 365 g/mol. The van der Waals surface area contributed by atoms with Crippen molar-refractivity contribution >= 4 is 27.6 Å². The number of alkyl halides is 3. The van der Waals surface area contributed by atoms with Crippen LogP contribution < -0.4 is 4.90 Å². The molecule has 0 spiro atoms. The second kappa shape index (κ2) is 6.25. The Hall–Kier alpha value is -1.24. The summed E-state index contributed by atoms with van der Waals surface area (Å²) >= 11 is 3.20. The van der Waals surface area contributed by atoms with E-state index in [4.69, 9.17) is 5.11 Å². The van der Waals surface area contributed by atoms with E-state index in [9.17, 15) is 18.0 Å². The topological polar surface area (TPSA) is 40.5 Å². The molecule has 1 aromatic rings. The highest BCUT2D eigenvalue weighted by atomic mass is 79.9. The lowest BCUT2D eigenvalue weighted by Crippen LogP contribution is -2.23. The van der Waals surface area contributed by atoms with Crippen LogP contribution in [0, 0.1) is 5.92 Å². The lowest BCUT2D eigenvalue weighted by atomic mass is 10.0. The van der Waals surface area contributed by atoms with Crippen LogP contribution in [0.15, 0.2) is 22.7 Å². The number of hydrogen-bond acceptors (Lipinski definition) is 2. The second-order valence-electron chi connectivity index (χ2n) is 5.19. The molecule has 0 bridgehead atoms. The third-order valence-corrected chi connectivity index (χ3v) is 4.15. The predicted molar refractivity (Wildman–Crippen MR) is 76.3 cm³/mol. The van der Waals surface area contributed by atoms with Crippen LogP contribution in [0.25, 0.3) is 0 Å². The molecule has 0 aromatic heterocycles. The summed E-state index contributed by atoms with van der Waals surface area (Å²) in [6.45, 7) is 0.983. The average molecular weight is 366 g/mol. The molecule has 1 aliphatic rings. The summed E-state index contributed by atoms with van der Waals surface area (Å²) in [5.41, 5.74) is -0.487. The SMILES string of the molecule is O=C(O)CCC1CCN(c2cc(Br)ccc2C(F)(F)F)C1. The third kappa shape index (κ3) is 4.12. The molecule has 1 aromatic carbocycles. The quantitative estimate of drug-likeness (QED) is 0.870. The summed E-state index contributed by atoms with van der Waals surface area (Å²) in [5, 5.41) is 8.68. The van der Waals surface area contributed by atoms with Gasteiger partial charge in [0.1, 0.15) is 0 Å². The summed E-state index contributed by atoms with van der Waals surface area (Å²) in [6, 6.07) is 3.93. The zero-order valence-electron chi connectivity index (χ0n) is 11.2. The van der Waals surface area contributed by atoms with Crippen molar-refractivity contribution in [3.8, 4) is 0 Å². The molecule has 1 fully saturated rings. The molecular weight excluding hydrogens is 351 g/mol. The first-order valence-electron chi connectivity index (χ1n) is 6.61. The number of rotatable bonds is 4. The maximum atomic E-state index is 13.1. The number of hydrogen-bond donors (Lipinski definition) is 1. The Morgan fingerprint density at radius 1 is 1.43 bits per heavy atom. The molecule has 116 valence electrons. The Morgan fingerprint density at radius 3 is 2.76 bits per heavy atom. The van der Waals surface area contributed by atoms with Gasteiger partial charge < -0.3 is 10.0 Å². The molecule has 1 atom stereocenters. The standard InChI is InChI=1S/C14H15BrF3NO2/c15-10-2-3-11(14(16,17)18)12(7-10)19-6-5-9(8-19)1-4-13(20)21/h2-3,7,9H,1,4-6,8H2,(H,20,21). The van der Waals surface area contributed by atoms with Crippen LogP contribution in [0.3, 0.4) is 0 Å². The van der Waals surface area contributed by atoms with Gasteiger partial charge in [-0.2, -0.15) is 13.2 Å². The molecule has 1 unspecified atom stereocenters. The van der Waals surface area contributed by atoms with E-state index in [0.29, 0.717) is 24.0 Å². The lowest BCUT2D eigenvalue weighted by Gasteiger charge is -2.23. The minimum absolute atomic E-state index is 0.0586. The van der Waals surface area contributed by atoms with Crippen LogP contribution in [0.2, 0.25) is 0 Å². The van der Waals surface area contributed by atoms with Gasteiger partial charge in [0.05, 0.1) is 11.3 Å². The van der Waals surface area contributed by atoms with Gasteiger partial charge in [-0.25, -0.2) is 0 Å². The Bertz CT molecular complexity index is 533. The van der Waals surface area contributed by atoms with Gasteiger partial charge in [0.2, 0.25) is 0 Å². The van der Waals surface area contributed by atoms with Crippen molar-refractivity contribution in [2.75, 3.05) is 18.0 Å². The van der Waals surface area contributed by atoms with Crippen molar-refractivity contribution in [2.45, 2.75) is 25.4 Å². The number of halogens is 4. The zero-order chi connectivity index (χ0) is 15.6. The van der Waals surface area contributed by atoms with Crippen molar-refractivity contribution in [3.05, 3.63) is 28.2 Å². The molecule has 3 nitrogen and oxygen atoms in total. The third-order valence-electron chi connectivity index (χ3n) is 3.66. The van der Waals surface area contributed by atoms with E-state index in [1.54, 1.807) is 4.90 Å². The highest BCUT2D eigenvalue weighted by molar-refractivity contribution is 9.10. The minimum Gasteiger partial charge on any atom is -0.481 e. The van der Waals surface area contributed by atoms with E-state index < -0.39 is 17.7 Å². The molecule has 2 rings (SSSR count). The Labute approximate surface area is 128 Å². The Morgan fingerprint density at radius 2 is 2.14 bits per heavy atom. The lowest BCUT2D eigenvalue weighted by molar-refractivity contribution is -0.138. The highest BCUT2D eigenvalue weighted by Crippen LogP contribution is 2.40. The van der Waals surface area contributed by atoms with Gasteiger partial charge in [0, 0.05) is 24.0 Å². The van der Waals surface area contributed by atoms with E-state index in [1.165, 1.54) is 12.1 Å². The van der Waals surface area contributed by atoms with E-state index in [0.717, 1.165) is 12.5 Å². The van der Waals surface area contributed by atoms with Gasteiger partial charge >= 0.3 is 12.1 Å². The fourth-order valence-electron chi connectivity index (χ4n) is 2.62. The first-order valence-corrected chi connectivity index (χ1v) is 7.40. The summed E-state index contributed by atoms with van der Waals surface area (Å²) in [5.74, 6) is -0.743. The zero-order valence-corrected chi connectivity index (χ0v) is 12.7. The Balaban J connectivity index is 2.16. The number of carboxylic acids is 1. The van der Waals surface area contributed by atoms with Crippen LogP contribution >= 0.6 is 15.9 Å². The van der Waals surface area contributed by atoms with Crippen LogP contribution in [0.4, 0.5) is 18.9 Å². The molecule has 21 heavy (non-hydrogen) atoms. The van der Waals surface area contributed by atoms with Crippen molar-refractivity contribution in [2.24, 2.45) is 5.92 Å². The van der Waals surface area contributed by atoms with Gasteiger partial charge in [-0.3, -0.25) is 4.79 Å². The molecule has 1 N–H and O–H groups in total. The fourth-order valence-corrected chi connectivity index (χ4v) is 2.97. The molecule has 7 heteroatoms. The van der Waals surface area contributed by atoms with Gasteiger partial charge in [-0.05, 0) is 37.0 Å². The van der Waals surface area contributed by atoms with Crippen molar-refractivity contribution in [3.63, 3.8) is 0 Å². The first kappa shape index (κ1) is 16.1. The predicted octanol–water partition coefficient (Wildman–Crippen LogP) is 4.16. The van der Waals surface area contributed by atoms with Gasteiger partial charge in [-0.15, -0.1) is 0 Å². The van der Waals surface area contributed by atoms with Crippen LogP contribution in [0.1, 0.15) is 24.8 Å². The van der Waals surface area contributed by atoms with Crippen molar-refractivity contribution < 1.29 is 23.1 Å². The van der Waals surface area contributed by atoms with Gasteiger partial charge in [0.25, 0.3) is 0 Å². The van der Waals surface area contributed by atoms with Crippen LogP contribution in [0.5, 0.6) is 0 Å². The molecule has 0 amide bonds. The van der Waals surface area contributed by atoms with Crippen molar-refractivity contribution in [1.82, 2.24) is 0 Å². The van der Waals surface area contributed by atoms with Crippen LogP contribution in [-0.2, 0) is 11.0 Å². The number of nitrogens with zero attached hydrogens (tertiary/aromatic N) is 1. The summed E-state index contributed by atoms with van der Waals surface area (Å²) in [7, 11) is 0. The number of aliphatic carboxylic acids is 1. The average Bonchev–Trinajstić information content (AvgIpc) is 2.83. The number of benzene rings is 1. The van der Waals surface area contributed by atoms with E-state index >= 15 is 0 Å². The smallest absolute Gasteiger partial charge is 0.418 e. The largest absolute Gasteiger partial charge is 0.481 e. The highest BCUT2D eigenvalue weighted by Gasteiger charge is 2.36. The first-order chi connectivity index (χ1) is 9.77. The maximum absolute atomic E-state index is 13.1. The summed E-state index contributed by atoms with van der Waals surface area (Å²) < 4.78 is 39.8. The van der Waals surface area contributed by atoms with E-state index in [1.807, 2.05) is 0 Å². The molecule has 1 heterocycles. The van der Waals surface area contributed by atoms with E-state index in [2.05, 4.69) is 15.9 Å². The van der Waals surface area contributed by atoms with Gasteiger partial charge in [-0.1, -0.05) is 15.9 Å². The van der Waals surface area contributed by atoms with E-state index in [-0.39, 0.29) is 18.0 Å². The number of anilines is 1. The molecule has 1 aliphatic heterocycles. The minimum atomic E-state index is -4.39.